The highest BCUT2D eigenvalue weighted by atomic mass is 32.2. The first-order valence-electron chi connectivity index (χ1n) is 9.34. The molecule has 0 unspecified atom stereocenters. The average Bonchev–Trinajstić information content (AvgIpc) is 3.28. The molecular weight excluding hydrogens is 308 g/mol. The van der Waals surface area contributed by atoms with Crippen molar-refractivity contribution in [1.82, 2.24) is 10.6 Å². The fourth-order valence-electron chi connectivity index (χ4n) is 5.58. The van der Waals surface area contributed by atoms with E-state index in [4.69, 9.17) is 0 Å². The van der Waals surface area contributed by atoms with E-state index in [9.17, 15) is 9.59 Å². The number of carbonyl (C=O) groups is 2. The summed E-state index contributed by atoms with van der Waals surface area (Å²) in [7, 11) is 0. The quantitative estimate of drug-likeness (QED) is 0.783. The predicted molar refractivity (Wildman–Crippen MR) is 92.1 cm³/mol. The lowest BCUT2D eigenvalue weighted by Gasteiger charge is -2.23. The normalized spacial score (nSPS) is 40.5. The summed E-state index contributed by atoms with van der Waals surface area (Å²) in [6, 6.07) is 0.814. The average molecular weight is 337 g/mol. The number of hydrogen-bond acceptors (Lipinski definition) is 3. The summed E-state index contributed by atoms with van der Waals surface area (Å²) in [5, 5.41) is 6.38. The van der Waals surface area contributed by atoms with Crippen LogP contribution < -0.4 is 10.6 Å². The molecule has 0 aromatic rings. The van der Waals surface area contributed by atoms with Gasteiger partial charge in [-0.15, -0.1) is 11.8 Å². The van der Waals surface area contributed by atoms with Crippen LogP contribution in [0.1, 0.15) is 51.4 Å². The molecule has 5 heteroatoms. The first kappa shape index (κ1) is 15.8. The molecule has 4 nitrogen and oxygen atoms in total. The molecule has 0 aromatic carbocycles. The maximum atomic E-state index is 12.0. The van der Waals surface area contributed by atoms with Gasteiger partial charge in [-0.1, -0.05) is 12.8 Å². The number of hydrogen-bond donors (Lipinski definition) is 2. The SMILES string of the molecule is O=C(CSCC(=O)N[C@H]1C[C@H]2CC[C@H]1C2)N[C@H]1C[C@H]2CC[C@H]1C2. The van der Waals surface area contributed by atoms with Gasteiger partial charge >= 0.3 is 0 Å². The summed E-state index contributed by atoms with van der Waals surface area (Å²) in [5.74, 6) is 4.19. The molecule has 6 atom stereocenters. The molecule has 0 aromatic heterocycles. The van der Waals surface area contributed by atoms with Crippen LogP contribution in [0.15, 0.2) is 0 Å². The Kier molecular flexibility index (Phi) is 4.57. The Morgan fingerprint density at radius 3 is 1.57 bits per heavy atom. The number of carbonyl (C=O) groups excluding carboxylic acids is 2. The van der Waals surface area contributed by atoms with Crippen LogP contribution in [0.5, 0.6) is 0 Å². The Labute approximate surface area is 142 Å². The van der Waals surface area contributed by atoms with Crippen molar-refractivity contribution in [3.63, 3.8) is 0 Å². The molecule has 4 fully saturated rings. The Morgan fingerprint density at radius 1 is 0.739 bits per heavy atom. The number of fused-ring (bicyclic) bond motifs is 4. The van der Waals surface area contributed by atoms with Gasteiger partial charge in [0.2, 0.25) is 11.8 Å². The number of rotatable bonds is 6. The van der Waals surface area contributed by atoms with E-state index < -0.39 is 0 Å². The minimum absolute atomic E-state index is 0.111. The van der Waals surface area contributed by atoms with E-state index in [2.05, 4.69) is 10.6 Å². The second-order valence-electron chi connectivity index (χ2n) is 8.19. The van der Waals surface area contributed by atoms with Gasteiger partial charge in [-0.3, -0.25) is 9.59 Å². The molecule has 4 rings (SSSR count). The van der Waals surface area contributed by atoms with Crippen LogP contribution in [0.3, 0.4) is 0 Å². The van der Waals surface area contributed by atoms with Gasteiger partial charge in [-0.25, -0.2) is 0 Å². The van der Waals surface area contributed by atoms with Gasteiger partial charge in [0.05, 0.1) is 11.5 Å². The zero-order chi connectivity index (χ0) is 15.8. The molecule has 23 heavy (non-hydrogen) atoms. The van der Waals surface area contributed by atoms with E-state index in [0.717, 1.165) is 23.7 Å². The summed E-state index contributed by atoms with van der Waals surface area (Å²) in [5.41, 5.74) is 0. The molecule has 128 valence electrons. The Bertz CT molecular complexity index is 442. The van der Waals surface area contributed by atoms with E-state index >= 15 is 0 Å². The van der Waals surface area contributed by atoms with Crippen LogP contribution in [-0.2, 0) is 9.59 Å². The summed E-state index contributed by atoms with van der Waals surface area (Å²) >= 11 is 1.45. The molecule has 4 bridgehead atoms. The summed E-state index contributed by atoms with van der Waals surface area (Å²) in [6.45, 7) is 0. The van der Waals surface area contributed by atoms with Crippen molar-refractivity contribution < 1.29 is 9.59 Å². The van der Waals surface area contributed by atoms with Crippen LogP contribution in [0.4, 0.5) is 0 Å². The third-order valence-electron chi connectivity index (χ3n) is 6.64. The molecule has 0 saturated heterocycles. The molecule has 0 aliphatic heterocycles. The second-order valence-corrected chi connectivity index (χ2v) is 9.18. The minimum atomic E-state index is 0.111. The molecule has 4 aliphatic carbocycles. The van der Waals surface area contributed by atoms with Crippen molar-refractivity contribution in [1.29, 1.82) is 0 Å². The first-order chi connectivity index (χ1) is 11.2. The lowest BCUT2D eigenvalue weighted by molar-refractivity contribution is -0.120. The Morgan fingerprint density at radius 2 is 1.22 bits per heavy atom. The van der Waals surface area contributed by atoms with Crippen molar-refractivity contribution in [2.75, 3.05) is 11.5 Å². The zero-order valence-corrected chi connectivity index (χ0v) is 14.6. The molecule has 2 N–H and O–H groups in total. The van der Waals surface area contributed by atoms with Crippen LogP contribution in [-0.4, -0.2) is 35.4 Å². The second kappa shape index (κ2) is 6.66. The summed E-state index contributed by atoms with van der Waals surface area (Å²) in [6.07, 6.45) is 10.2. The molecule has 4 saturated carbocycles. The van der Waals surface area contributed by atoms with Gasteiger partial charge in [0, 0.05) is 12.1 Å². The van der Waals surface area contributed by atoms with Gasteiger partial charge in [-0.05, 0) is 62.2 Å². The third kappa shape index (κ3) is 3.54. The van der Waals surface area contributed by atoms with E-state index in [-0.39, 0.29) is 11.8 Å². The highest BCUT2D eigenvalue weighted by molar-refractivity contribution is 8.00. The van der Waals surface area contributed by atoms with Crippen molar-refractivity contribution in [2.24, 2.45) is 23.7 Å². The number of thioether (sulfide) groups is 1. The fourth-order valence-corrected chi connectivity index (χ4v) is 6.22. The number of amides is 2. The topological polar surface area (TPSA) is 58.2 Å². The monoisotopic (exact) mass is 336 g/mol. The predicted octanol–water partition coefficient (Wildman–Crippen LogP) is 2.33. The van der Waals surface area contributed by atoms with E-state index in [1.54, 1.807) is 0 Å². The highest BCUT2D eigenvalue weighted by Gasteiger charge is 2.41. The van der Waals surface area contributed by atoms with Gasteiger partial charge in [0.15, 0.2) is 0 Å². The van der Waals surface area contributed by atoms with Gasteiger partial charge in [0.25, 0.3) is 0 Å². The van der Waals surface area contributed by atoms with E-state index in [1.165, 1.54) is 63.1 Å². The van der Waals surface area contributed by atoms with Crippen molar-refractivity contribution in [3.05, 3.63) is 0 Å². The highest BCUT2D eigenvalue weighted by Crippen LogP contribution is 2.45. The lowest BCUT2D eigenvalue weighted by Crippen LogP contribution is -2.41. The minimum Gasteiger partial charge on any atom is -0.352 e. The van der Waals surface area contributed by atoms with E-state index in [0.29, 0.717) is 23.6 Å². The maximum absolute atomic E-state index is 12.0. The lowest BCUT2D eigenvalue weighted by atomic mass is 9.95. The van der Waals surface area contributed by atoms with Gasteiger partial charge in [-0.2, -0.15) is 0 Å². The first-order valence-corrected chi connectivity index (χ1v) is 10.5. The van der Waals surface area contributed by atoms with Crippen LogP contribution in [0, 0.1) is 23.7 Å². The van der Waals surface area contributed by atoms with Gasteiger partial charge < -0.3 is 10.6 Å². The molecule has 0 spiro atoms. The molecule has 4 aliphatic rings. The van der Waals surface area contributed by atoms with Crippen molar-refractivity contribution in [3.8, 4) is 0 Å². The van der Waals surface area contributed by atoms with Crippen LogP contribution >= 0.6 is 11.8 Å². The molecular formula is C18H28N2O2S. The Hall–Kier alpha value is -0.710. The maximum Gasteiger partial charge on any atom is 0.230 e. The van der Waals surface area contributed by atoms with Crippen molar-refractivity contribution in [2.45, 2.75) is 63.5 Å². The number of nitrogens with one attached hydrogen (secondary N) is 2. The zero-order valence-electron chi connectivity index (χ0n) is 13.8. The van der Waals surface area contributed by atoms with Crippen LogP contribution in [0.2, 0.25) is 0 Å². The Balaban J connectivity index is 1.11. The molecule has 0 heterocycles. The molecule has 0 radical (unpaired) electrons. The third-order valence-corrected chi connectivity index (χ3v) is 7.57. The van der Waals surface area contributed by atoms with E-state index in [1.807, 2.05) is 0 Å². The summed E-state index contributed by atoms with van der Waals surface area (Å²) in [4.78, 5) is 24.1. The van der Waals surface area contributed by atoms with Crippen molar-refractivity contribution >= 4 is 23.6 Å². The smallest absolute Gasteiger partial charge is 0.230 e. The van der Waals surface area contributed by atoms with Gasteiger partial charge in [0.1, 0.15) is 0 Å². The standard InChI is InChI=1S/C18H28N2O2S/c21-17(19-15-7-11-1-3-13(15)5-11)9-23-10-18(22)20-16-8-12-2-4-14(16)6-12/h11-16H,1-10H2,(H,19,21)(H,20,22)/t11-,12-,13-,14-,15-,16-/m0/s1. The van der Waals surface area contributed by atoms with Crippen LogP contribution in [0.25, 0.3) is 0 Å². The molecule has 2 amide bonds. The fraction of sp³-hybridized carbons (Fsp3) is 0.889. The largest absolute Gasteiger partial charge is 0.352 e. The summed E-state index contributed by atoms with van der Waals surface area (Å²) < 4.78 is 0.